The first-order valence-electron chi connectivity index (χ1n) is 9.98. The van der Waals surface area contributed by atoms with E-state index in [1.54, 1.807) is 17.0 Å². The van der Waals surface area contributed by atoms with Crippen LogP contribution < -0.4 is 10.2 Å². The van der Waals surface area contributed by atoms with Gasteiger partial charge in [0.05, 0.1) is 0 Å². The molecule has 13 heteroatoms. The Hall–Kier alpha value is -4.16. The Morgan fingerprint density at radius 3 is 2.12 bits per heavy atom. The highest BCUT2D eigenvalue weighted by Gasteiger charge is 2.38. The average molecular weight is 480 g/mol. The highest BCUT2D eigenvalue weighted by Crippen LogP contribution is 2.18. The lowest BCUT2D eigenvalue weighted by atomic mass is 10.2. The number of carboxylic acid groups (broad SMARTS) is 1. The molecule has 0 aliphatic carbocycles. The van der Waals surface area contributed by atoms with E-state index in [1.807, 2.05) is 30.3 Å². The summed E-state index contributed by atoms with van der Waals surface area (Å²) in [5, 5.41) is 16.7. The van der Waals surface area contributed by atoms with Crippen LogP contribution in [0.5, 0.6) is 0 Å². The van der Waals surface area contributed by atoms with E-state index in [0.29, 0.717) is 32.0 Å². The molecule has 3 N–H and O–H groups in total. The van der Waals surface area contributed by atoms with E-state index in [-0.39, 0.29) is 17.8 Å². The zero-order chi connectivity index (χ0) is 24.7. The van der Waals surface area contributed by atoms with Crippen LogP contribution >= 0.6 is 0 Å². The fourth-order valence-corrected chi connectivity index (χ4v) is 3.04. The summed E-state index contributed by atoms with van der Waals surface area (Å²) < 4.78 is 44.8. The molecule has 1 saturated heterocycles. The van der Waals surface area contributed by atoms with E-state index >= 15 is 0 Å². The zero-order valence-corrected chi connectivity index (χ0v) is 17.6. The number of hydrogen-bond acceptors (Lipinski definition) is 5. The quantitative estimate of drug-likeness (QED) is 0.494. The third-order valence-corrected chi connectivity index (χ3v) is 4.75. The maximum Gasteiger partial charge on any atom is 0.490 e. The predicted molar refractivity (Wildman–Crippen MR) is 115 cm³/mol. The van der Waals surface area contributed by atoms with Crippen LogP contribution in [0.25, 0.3) is 11.4 Å². The lowest BCUT2D eigenvalue weighted by Crippen LogP contribution is -2.50. The first kappa shape index (κ1) is 24.5. The second-order valence-corrected chi connectivity index (χ2v) is 7.06. The number of H-pyrrole nitrogens is 1. The van der Waals surface area contributed by atoms with Crippen LogP contribution in [0.1, 0.15) is 0 Å². The van der Waals surface area contributed by atoms with Crippen LogP contribution in [0.15, 0.2) is 54.6 Å². The number of aliphatic carboxylic acids is 1. The molecule has 1 aromatic heterocycles. The second-order valence-electron chi connectivity index (χ2n) is 7.06. The van der Waals surface area contributed by atoms with Gasteiger partial charge in [-0.25, -0.2) is 14.0 Å². The standard InChI is InChI=1S/C19H19FN6O.C2HF3O2/c20-15-6-8-16(9-7-15)25-10-12-26(13-11-25)19(27)22-18-21-17(23-24-18)14-4-2-1-3-5-14;3-2(4,5)1(6)7/h1-9H,10-13H2,(H2,21,22,23,24,27);(H,6,7). The molecule has 0 bridgehead atoms. The SMILES string of the molecule is O=C(Nc1n[nH]c(-c2ccccc2)n1)N1CCN(c2ccc(F)cc2)CC1.O=C(O)C(F)(F)F. The topological polar surface area (TPSA) is 114 Å². The van der Waals surface area contributed by atoms with Gasteiger partial charge in [0.1, 0.15) is 5.82 Å². The number of nitrogens with zero attached hydrogens (tertiary/aromatic N) is 4. The highest BCUT2D eigenvalue weighted by molar-refractivity contribution is 5.87. The summed E-state index contributed by atoms with van der Waals surface area (Å²) in [5.41, 5.74) is 1.86. The smallest absolute Gasteiger partial charge is 0.475 e. The van der Waals surface area contributed by atoms with Crippen molar-refractivity contribution in [1.29, 1.82) is 0 Å². The number of carbonyl (C=O) groups excluding carboxylic acids is 1. The van der Waals surface area contributed by atoms with Gasteiger partial charge in [-0.1, -0.05) is 30.3 Å². The number of alkyl halides is 3. The molecule has 0 saturated carbocycles. The number of rotatable bonds is 3. The largest absolute Gasteiger partial charge is 0.490 e. The Bertz CT molecular complexity index is 1100. The van der Waals surface area contributed by atoms with Crippen LogP contribution in [0.3, 0.4) is 0 Å². The van der Waals surface area contributed by atoms with Crippen LogP contribution in [-0.2, 0) is 4.79 Å². The number of nitrogens with one attached hydrogen (secondary N) is 2. The van der Waals surface area contributed by atoms with Crippen molar-refractivity contribution in [3.8, 4) is 11.4 Å². The minimum Gasteiger partial charge on any atom is -0.475 e. The van der Waals surface area contributed by atoms with Gasteiger partial charge in [0.2, 0.25) is 5.95 Å². The van der Waals surface area contributed by atoms with Crippen LogP contribution in [-0.4, -0.2) is 69.5 Å². The number of piperazine rings is 1. The second kappa shape index (κ2) is 10.6. The lowest BCUT2D eigenvalue weighted by Gasteiger charge is -2.35. The minimum absolute atomic E-state index is 0.229. The van der Waals surface area contributed by atoms with Crippen molar-refractivity contribution >= 4 is 23.6 Å². The Morgan fingerprint density at radius 1 is 0.971 bits per heavy atom. The molecule has 0 spiro atoms. The summed E-state index contributed by atoms with van der Waals surface area (Å²) in [6.45, 7) is 2.50. The first-order valence-corrected chi connectivity index (χ1v) is 9.98. The summed E-state index contributed by atoms with van der Waals surface area (Å²) in [7, 11) is 0. The summed E-state index contributed by atoms with van der Waals surface area (Å²) in [5.74, 6) is -2.16. The number of anilines is 2. The summed E-state index contributed by atoms with van der Waals surface area (Å²) in [6.07, 6.45) is -5.08. The molecule has 34 heavy (non-hydrogen) atoms. The molecular formula is C21H20F4N6O3. The summed E-state index contributed by atoms with van der Waals surface area (Å²) in [6, 6.07) is 15.8. The Kier molecular flexibility index (Phi) is 7.66. The molecule has 9 nitrogen and oxygen atoms in total. The minimum atomic E-state index is -5.08. The van der Waals surface area contributed by atoms with Gasteiger partial charge in [-0.15, -0.1) is 5.10 Å². The summed E-state index contributed by atoms with van der Waals surface area (Å²) in [4.78, 5) is 29.5. The fraction of sp³-hybridized carbons (Fsp3) is 0.238. The van der Waals surface area contributed by atoms with Gasteiger partial charge in [-0.05, 0) is 24.3 Å². The number of amides is 2. The van der Waals surface area contributed by atoms with E-state index in [0.717, 1.165) is 11.3 Å². The van der Waals surface area contributed by atoms with E-state index < -0.39 is 12.1 Å². The number of halogens is 4. The molecule has 1 fully saturated rings. The number of benzene rings is 2. The molecule has 2 amide bonds. The fourth-order valence-electron chi connectivity index (χ4n) is 3.04. The van der Waals surface area contributed by atoms with Gasteiger partial charge in [0, 0.05) is 37.4 Å². The number of urea groups is 1. The van der Waals surface area contributed by atoms with Crippen molar-refractivity contribution in [3.05, 3.63) is 60.4 Å². The van der Waals surface area contributed by atoms with Crippen LogP contribution in [0, 0.1) is 5.82 Å². The van der Waals surface area contributed by atoms with E-state index in [4.69, 9.17) is 9.90 Å². The van der Waals surface area contributed by atoms with E-state index in [2.05, 4.69) is 25.4 Å². The Labute approximate surface area is 191 Å². The van der Waals surface area contributed by atoms with Gasteiger partial charge in [0.15, 0.2) is 5.82 Å². The van der Waals surface area contributed by atoms with Gasteiger partial charge in [0.25, 0.3) is 0 Å². The van der Waals surface area contributed by atoms with Crippen molar-refractivity contribution in [2.45, 2.75) is 6.18 Å². The van der Waals surface area contributed by atoms with Crippen LogP contribution in [0.4, 0.5) is 34.0 Å². The van der Waals surface area contributed by atoms with Gasteiger partial charge < -0.3 is 14.9 Å². The van der Waals surface area contributed by atoms with Gasteiger partial charge >= 0.3 is 18.2 Å². The molecule has 1 aliphatic heterocycles. The number of carboxylic acids is 1. The molecule has 4 rings (SSSR count). The lowest BCUT2D eigenvalue weighted by molar-refractivity contribution is -0.192. The normalized spacial score (nSPS) is 13.6. The van der Waals surface area contributed by atoms with Crippen molar-refractivity contribution in [1.82, 2.24) is 20.1 Å². The molecular weight excluding hydrogens is 460 g/mol. The molecule has 1 aliphatic rings. The zero-order valence-electron chi connectivity index (χ0n) is 17.6. The van der Waals surface area contributed by atoms with Crippen molar-refractivity contribution in [2.75, 3.05) is 36.4 Å². The van der Waals surface area contributed by atoms with Crippen molar-refractivity contribution in [3.63, 3.8) is 0 Å². The molecule has 0 radical (unpaired) electrons. The number of hydrogen-bond donors (Lipinski definition) is 3. The third kappa shape index (κ3) is 6.67. The Morgan fingerprint density at radius 2 is 1.56 bits per heavy atom. The molecule has 0 atom stereocenters. The highest BCUT2D eigenvalue weighted by atomic mass is 19.4. The van der Waals surface area contributed by atoms with Crippen molar-refractivity contribution in [2.24, 2.45) is 0 Å². The maximum absolute atomic E-state index is 13.0. The Balaban J connectivity index is 0.000000406. The monoisotopic (exact) mass is 480 g/mol. The van der Waals surface area contributed by atoms with Crippen LogP contribution in [0.2, 0.25) is 0 Å². The maximum atomic E-state index is 13.0. The van der Waals surface area contributed by atoms with Gasteiger partial charge in [-0.3, -0.25) is 10.4 Å². The third-order valence-electron chi connectivity index (χ3n) is 4.75. The molecule has 180 valence electrons. The number of carbonyl (C=O) groups is 2. The average Bonchev–Trinajstić information content (AvgIpc) is 3.28. The molecule has 2 heterocycles. The molecule has 2 aromatic carbocycles. The molecule has 0 unspecified atom stereocenters. The van der Waals surface area contributed by atoms with E-state index in [9.17, 15) is 22.4 Å². The molecule has 3 aromatic rings. The predicted octanol–water partition coefficient (Wildman–Crippen LogP) is 3.60. The summed E-state index contributed by atoms with van der Waals surface area (Å²) >= 11 is 0. The first-order chi connectivity index (χ1) is 16.1. The number of aromatic nitrogens is 3. The van der Waals surface area contributed by atoms with Crippen molar-refractivity contribution < 1.29 is 32.3 Å². The number of aromatic amines is 1. The van der Waals surface area contributed by atoms with E-state index in [1.165, 1.54) is 12.1 Å². The van der Waals surface area contributed by atoms with Gasteiger partial charge in [-0.2, -0.15) is 18.2 Å².